The van der Waals surface area contributed by atoms with E-state index in [-0.39, 0.29) is 6.61 Å². The number of hydrogen-bond donors (Lipinski definition) is 4. The summed E-state index contributed by atoms with van der Waals surface area (Å²) in [5.74, 6) is 0. The Kier molecular flexibility index (Phi) is 6.19. The third-order valence-electron chi connectivity index (χ3n) is 5.88. The van der Waals surface area contributed by atoms with E-state index < -0.39 is 30.5 Å². The molecule has 4 rings (SSSR count). The number of aryl methyl sites for hydroxylation is 1. The first-order chi connectivity index (χ1) is 14.4. The summed E-state index contributed by atoms with van der Waals surface area (Å²) < 4.78 is 6.46. The highest BCUT2D eigenvalue weighted by molar-refractivity contribution is 7.19. The van der Waals surface area contributed by atoms with Crippen LogP contribution in [-0.2, 0) is 23.2 Å². The van der Waals surface area contributed by atoms with E-state index in [0.29, 0.717) is 17.0 Å². The highest BCUT2D eigenvalue weighted by Crippen LogP contribution is 2.38. The number of benzene rings is 2. The quantitative estimate of drug-likeness (QED) is 0.481. The van der Waals surface area contributed by atoms with E-state index in [2.05, 4.69) is 31.2 Å². The molecule has 5 nitrogen and oxygen atoms in total. The van der Waals surface area contributed by atoms with E-state index >= 15 is 0 Å². The van der Waals surface area contributed by atoms with E-state index in [4.69, 9.17) is 16.3 Å². The lowest BCUT2D eigenvalue weighted by atomic mass is 9.78. The van der Waals surface area contributed by atoms with Crippen LogP contribution < -0.4 is 0 Å². The van der Waals surface area contributed by atoms with Gasteiger partial charge in [0.1, 0.15) is 23.9 Å². The first-order valence-electron chi connectivity index (χ1n) is 9.98. The van der Waals surface area contributed by atoms with Crippen LogP contribution in [0.15, 0.2) is 42.5 Å². The van der Waals surface area contributed by atoms with Crippen molar-refractivity contribution in [3.05, 3.63) is 69.1 Å². The molecule has 0 spiro atoms. The van der Waals surface area contributed by atoms with E-state index in [1.165, 1.54) is 15.6 Å². The number of halogens is 1. The Labute approximate surface area is 184 Å². The average Bonchev–Trinajstić information content (AvgIpc) is 3.15. The monoisotopic (exact) mass is 448 g/mol. The number of fused-ring (bicyclic) bond motifs is 1. The molecule has 1 aliphatic heterocycles. The SMILES string of the molecule is CCc1ccc2cc(Cc3cc([C@@]4(O)[C@H](O)[C@@H](CO)OC[C@@H]4O)ccc3Cl)sc2c1. The van der Waals surface area contributed by atoms with Crippen LogP contribution in [-0.4, -0.2) is 52.0 Å². The van der Waals surface area contributed by atoms with Gasteiger partial charge in [-0.3, -0.25) is 0 Å². The van der Waals surface area contributed by atoms with Crippen LogP contribution in [0.2, 0.25) is 5.02 Å². The Hall–Kier alpha value is -1.51. The summed E-state index contributed by atoms with van der Waals surface area (Å²) in [6.45, 7) is 1.48. The van der Waals surface area contributed by atoms with Gasteiger partial charge in [0.25, 0.3) is 0 Å². The summed E-state index contributed by atoms with van der Waals surface area (Å²) >= 11 is 8.14. The first kappa shape index (κ1) is 21.7. The third-order valence-corrected chi connectivity index (χ3v) is 7.34. The smallest absolute Gasteiger partial charge is 0.146 e. The molecule has 2 aromatic carbocycles. The van der Waals surface area contributed by atoms with Crippen molar-refractivity contribution in [2.24, 2.45) is 0 Å². The van der Waals surface area contributed by atoms with Crippen LogP contribution in [0.5, 0.6) is 0 Å². The number of aliphatic hydroxyl groups excluding tert-OH is 3. The van der Waals surface area contributed by atoms with E-state index in [1.807, 2.05) is 0 Å². The maximum absolute atomic E-state index is 11.2. The van der Waals surface area contributed by atoms with Crippen molar-refractivity contribution >= 4 is 33.0 Å². The molecule has 2 heterocycles. The van der Waals surface area contributed by atoms with Gasteiger partial charge >= 0.3 is 0 Å². The van der Waals surface area contributed by atoms with Gasteiger partial charge in [-0.05, 0) is 46.7 Å². The third kappa shape index (κ3) is 3.78. The summed E-state index contributed by atoms with van der Waals surface area (Å²) in [5, 5.41) is 43.4. The van der Waals surface area contributed by atoms with Gasteiger partial charge in [0, 0.05) is 21.0 Å². The summed E-state index contributed by atoms with van der Waals surface area (Å²) in [6.07, 6.45) is -2.24. The fraction of sp³-hybridized carbons (Fsp3) is 0.391. The van der Waals surface area contributed by atoms with Gasteiger partial charge < -0.3 is 25.2 Å². The molecule has 0 aliphatic carbocycles. The molecule has 1 fully saturated rings. The van der Waals surface area contributed by atoms with E-state index in [0.717, 1.165) is 16.9 Å². The van der Waals surface area contributed by atoms with Crippen molar-refractivity contribution in [2.75, 3.05) is 13.2 Å². The summed E-state index contributed by atoms with van der Waals surface area (Å²) in [4.78, 5) is 1.13. The lowest BCUT2D eigenvalue weighted by Gasteiger charge is -2.44. The minimum atomic E-state index is -1.96. The minimum absolute atomic E-state index is 0.188. The van der Waals surface area contributed by atoms with Gasteiger partial charge in [-0.1, -0.05) is 42.8 Å². The van der Waals surface area contributed by atoms with Crippen LogP contribution in [0, 0.1) is 0 Å². The highest BCUT2D eigenvalue weighted by atomic mass is 35.5. The molecule has 1 aromatic heterocycles. The van der Waals surface area contributed by atoms with Gasteiger partial charge in [0.15, 0.2) is 0 Å². The Morgan fingerprint density at radius 2 is 1.97 bits per heavy atom. The standard InChI is InChI=1S/C23H25ClO5S/c1-2-13-3-4-14-9-17(30-20(14)7-13)10-15-8-16(5-6-18(15)24)23(28)21(26)12-29-19(11-25)22(23)27/h3-9,19,21-22,25-28H,2,10-12H2,1H3/t19-,21+,22-,23+/m1/s1. The zero-order valence-electron chi connectivity index (χ0n) is 16.6. The highest BCUT2D eigenvalue weighted by Gasteiger charge is 2.51. The normalized spacial score (nSPS) is 26.9. The fourth-order valence-corrected chi connectivity index (χ4v) is 5.35. The van der Waals surface area contributed by atoms with Crippen molar-refractivity contribution in [3.8, 4) is 0 Å². The molecule has 3 aromatic rings. The summed E-state index contributed by atoms with van der Waals surface area (Å²) in [7, 11) is 0. The van der Waals surface area contributed by atoms with Crippen molar-refractivity contribution in [2.45, 2.75) is 43.7 Å². The Balaban J connectivity index is 1.68. The number of hydrogen-bond acceptors (Lipinski definition) is 6. The van der Waals surface area contributed by atoms with E-state index in [1.54, 1.807) is 29.5 Å². The minimum Gasteiger partial charge on any atom is -0.394 e. The number of thiophene rings is 1. The molecule has 4 atom stereocenters. The van der Waals surface area contributed by atoms with Crippen LogP contribution >= 0.6 is 22.9 Å². The topological polar surface area (TPSA) is 90.2 Å². The summed E-state index contributed by atoms with van der Waals surface area (Å²) in [5.41, 5.74) is 0.467. The second-order valence-electron chi connectivity index (χ2n) is 7.76. The fourth-order valence-electron chi connectivity index (χ4n) is 4.01. The molecule has 0 radical (unpaired) electrons. The second-order valence-corrected chi connectivity index (χ2v) is 9.34. The Morgan fingerprint density at radius 3 is 2.70 bits per heavy atom. The molecular weight excluding hydrogens is 424 g/mol. The van der Waals surface area contributed by atoms with Crippen molar-refractivity contribution in [3.63, 3.8) is 0 Å². The molecule has 0 saturated carbocycles. The van der Waals surface area contributed by atoms with Gasteiger partial charge in [-0.25, -0.2) is 0 Å². The van der Waals surface area contributed by atoms with Gasteiger partial charge in [0.2, 0.25) is 0 Å². The number of aliphatic hydroxyl groups is 4. The zero-order valence-corrected chi connectivity index (χ0v) is 18.2. The molecule has 1 aliphatic rings. The van der Waals surface area contributed by atoms with Crippen molar-refractivity contribution in [1.82, 2.24) is 0 Å². The average molecular weight is 449 g/mol. The second kappa shape index (κ2) is 8.55. The molecule has 0 unspecified atom stereocenters. The Morgan fingerprint density at radius 1 is 1.17 bits per heavy atom. The molecule has 0 bridgehead atoms. The largest absolute Gasteiger partial charge is 0.394 e. The number of rotatable bonds is 5. The maximum Gasteiger partial charge on any atom is 0.146 e. The molecule has 160 valence electrons. The van der Waals surface area contributed by atoms with Crippen LogP contribution in [0.3, 0.4) is 0 Å². The van der Waals surface area contributed by atoms with Crippen LogP contribution in [0.25, 0.3) is 10.1 Å². The maximum atomic E-state index is 11.2. The van der Waals surface area contributed by atoms with Crippen molar-refractivity contribution in [1.29, 1.82) is 0 Å². The zero-order chi connectivity index (χ0) is 21.5. The lowest BCUT2D eigenvalue weighted by Crippen LogP contribution is -2.61. The van der Waals surface area contributed by atoms with Gasteiger partial charge in [0.05, 0.1) is 13.2 Å². The molecule has 1 saturated heterocycles. The van der Waals surface area contributed by atoms with Gasteiger partial charge in [-0.15, -0.1) is 11.3 Å². The molecule has 30 heavy (non-hydrogen) atoms. The van der Waals surface area contributed by atoms with Crippen molar-refractivity contribution < 1.29 is 25.2 Å². The molecule has 0 amide bonds. The number of ether oxygens (including phenoxy) is 1. The van der Waals surface area contributed by atoms with Crippen LogP contribution in [0.4, 0.5) is 0 Å². The first-order valence-corrected chi connectivity index (χ1v) is 11.2. The lowest BCUT2D eigenvalue weighted by molar-refractivity contribution is -0.253. The van der Waals surface area contributed by atoms with Crippen LogP contribution in [0.1, 0.15) is 28.5 Å². The molecular formula is C23H25ClO5S. The predicted molar refractivity (Wildman–Crippen MR) is 118 cm³/mol. The molecule has 7 heteroatoms. The summed E-state index contributed by atoms with van der Waals surface area (Å²) in [6, 6.07) is 13.6. The van der Waals surface area contributed by atoms with Gasteiger partial charge in [-0.2, -0.15) is 0 Å². The predicted octanol–water partition coefficient (Wildman–Crippen LogP) is 3.01. The molecule has 4 N–H and O–H groups in total. The van der Waals surface area contributed by atoms with E-state index in [9.17, 15) is 20.4 Å². The Bertz CT molecular complexity index is 1050.